The fraction of sp³-hybridized carbons (Fsp3) is 0.500. The molecule has 0 aromatic heterocycles. The van der Waals surface area contributed by atoms with Gasteiger partial charge in [0.1, 0.15) is 0 Å². The maximum Gasteiger partial charge on any atom is 0.224 e. The van der Waals surface area contributed by atoms with E-state index in [1.165, 1.54) is 0 Å². The predicted molar refractivity (Wildman–Crippen MR) is 81.9 cm³/mol. The van der Waals surface area contributed by atoms with Gasteiger partial charge in [-0.1, -0.05) is 32.4 Å². The van der Waals surface area contributed by atoms with Crippen LogP contribution in [-0.4, -0.2) is 16.4 Å². The molecule has 0 unspecified atom stereocenters. The minimum atomic E-state index is -0.961. The number of hydrogen-bond acceptors (Lipinski definition) is 2. The van der Waals surface area contributed by atoms with E-state index in [1.807, 2.05) is 20.8 Å². The number of anilines is 1. The Kier molecular flexibility index (Phi) is 5.56. The molecule has 1 aromatic carbocycles. The third kappa shape index (κ3) is 6.21. The standard InChI is InChI=1S/C14H20ClNO2S/c1-14(2,3)8-13(17)16-11-5-6-12(15)10(7-11)9-19(4)18/h5-7H,8-9H2,1-4H3,(H,16,17)/t19-/m1/s1. The largest absolute Gasteiger partial charge is 0.326 e. The van der Waals surface area contributed by atoms with Gasteiger partial charge in [0.05, 0.1) is 0 Å². The van der Waals surface area contributed by atoms with Gasteiger partial charge in [-0.15, -0.1) is 0 Å². The molecule has 106 valence electrons. The van der Waals surface area contributed by atoms with Gasteiger partial charge in [-0.3, -0.25) is 9.00 Å². The number of nitrogens with one attached hydrogen (secondary N) is 1. The van der Waals surface area contributed by atoms with Crippen LogP contribution in [-0.2, 0) is 21.3 Å². The molecule has 0 radical (unpaired) electrons. The van der Waals surface area contributed by atoms with Crippen LogP contribution >= 0.6 is 11.6 Å². The summed E-state index contributed by atoms with van der Waals surface area (Å²) in [5.74, 6) is 0.361. The van der Waals surface area contributed by atoms with Crippen LogP contribution in [0.2, 0.25) is 5.02 Å². The van der Waals surface area contributed by atoms with Crippen LogP contribution in [0.1, 0.15) is 32.8 Å². The Morgan fingerprint density at radius 2 is 2.00 bits per heavy atom. The van der Waals surface area contributed by atoms with Crippen molar-refractivity contribution in [2.24, 2.45) is 5.41 Å². The van der Waals surface area contributed by atoms with E-state index in [1.54, 1.807) is 24.5 Å². The Morgan fingerprint density at radius 1 is 1.37 bits per heavy atom. The predicted octanol–water partition coefficient (Wildman–Crippen LogP) is 3.59. The van der Waals surface area contributed by atoms with E-state index >= 15 is 0 Å². The van der Waals surface area contributed by atoms with E-state index < -0.39 is 10.8 Å². The lowest BCUT2D eigenvalue weighted by molar-refractivity contribution is -0.117. The van der Waals surface area contributed by atoms with Gasteiger partial charge >= 0.3 is 0 Å². The number of halogens is 1. The maximum atomic E-state index is 11.8. The van der Waals surface area contributed by atoms with Gasteiger partial charge in [0, 0.05) is 39.9 Å². The fourth-order valence-electron chi connectivity index (χ4n) is 1.67. The van der Waals surface area contributed by atoms with Crippen LogP contribution < -0.4 is 5.32 Å². The van der Waals surface area contributed by atoms with E-state index in [0.29, 0.717) is 22.9 Å². The molecule has 1 N–H and O–H groups in total. The van der Waals surface area contributed by atoms with Gasteiger partial charge < -0.3 is 5.32 Å². The zero-order valence-corrected chi connectivity index (χ0v) is 13.3. The Labute approximate surface area is 122 Å². The first-order valence-corrected chi connectivity index (χ1v) is 8.16. The third-order valence-corrected chi connectivity index (χ3v) is 3.47. The zero-order chi connectivity index (χ0) is 14.6. The summed E-state index contributed by atoms with van der Waals surface area (Å²) in [5.41, 5.74) is 1.43. The summed E-state index contributed by atoms with van der Waals surface area (Å²) in [4.78, 5) is 11.8. The molecule has 0 heterocycles. The molecule has 0 bridgehead atoms. The first kappa shape index (κ1) is 16.2. The van der Waals surface area contributed by atoms with Crippen LogP contribution in [0.25, 0.3) is 0 Å². The average Bonchev–Trinajstić information content (AvgIpc) is 2.19. The molecule has 0 fully saturated rings. The van der Waals surface area contributed by atoms with Gasteiger partial charge in [-0.05, 0) is 29.2 Å². The highest BCUT2D eigenvalue weighted by molar-refractivity contribution is 7.83. The molecule has 5 heteroatoms. The van der Waals surface area contributed by atoms with Crippen LogP contribution in [0.5, 0.6) is 0 Å². The molecule has 1 atom stereocenters. The van der Waals surface area contributed by atoms with Gasteiger partial charge in [0.2, 0.25) is 5.91 Å². The highest BCUT2D eigenvalue weighted by Crippen LogP contribution is 2.23. The first-order chi connectivity index (χ1) is 8.67. The lowest BCUT2D eigenvalue weighted by Gasteiger charge is -2.17. The molecule has 1 aromatic rings. The number of amides is 1. The van der Waals surface area contributed by atoms with Crippen LogP contribution in [0.15, 0.2) is 18.2 Å². The Bertz CT molecular complexity index is 495. The molecule has 0 saturated heterocycles. The summed E-state index contributed by atoms with van der Waals surface area (Å²) in [6.07, 6.45) is 2.08. The summed E-state index contributed by atoms with van der Waals surface area (Å²) < 4.78 is 11.3. The smallest absolute Gasteiger partial charge is 0.224 e. The second-order valence-corrected chi connectivity index (χ2v) is 7.65. The second kappa shape index (κ2) is 6.53. The molecular weight excluding hydrogens is 282 g/mol. The van der Waals surface area contributed by atoms with Gasteiger partial charge in [-0.25, -0.2) is 0 Å². The summed E-state index contributed by atoms with van der Waals surface area (Å²) in [7, 11) is -0.961. The van der Waals surface area contributed by atoms with Crippen molar-refractivity contribution in [3.05, 3.63) is 28.8 Å². The SMILES string of the molecule is C[S@@](=O)Cc1cc(NC(=O)CC(C)(C)C)ccc1Cl. The molecular formula is C14H20ClNO2S. The normalized spacial score (nSPS) is 13.1. The van der Waals surface area contributed by atoms with E-state index in [9.17, 15) is 9.00 Å². The number of benzene rings is 1. The van der Waals surface area contributed by atoms with E-state index in [2.05, 4.69) is 5.32 Å². The highest BCUT2D eigenvalue weighted by Gasteiger charge is 2.16. The van der Waals surface area contributed by atoms with E-state index in [0.717, 1.165) is 5.56 Å². The van der Waals surface area contributed by atoms with Crippen LogP contribution in [0.3, 0.4) is 0 Å². The molecule has 0 aliphatic carbocycles. The molecule has 0 aliphatic rings. The average molecular weight is 302 g/mol. The molecule has 1 rings (SSSR count). The Hall–Kier alpha value is -0.870. The van der Waals surface area contributed by atoms with Crippen LogP contribution in [0, 0.1) is 5.41 Å². The minimum Gasteiger partial charge on any atom is -0.326 e. The maximum absolute atomic E-state index is 11.8. The fourth-order valence-corrected chi connectivity index (χ4v) is 2.61. The molecule has 19 heavy (non-hydrogen) atoms. The minimum absolute atomic E-state index is 0.0293. The Morgan fingerprint density at radius 3 is 2.53 bits per heavy atom. The molecule has 0 spiro atoms. The molecule has 0 aliphatic heterocycles. The van der Waals surface area contributed by atoms with Crippen molar-refractivity contribution in [1.29, 1.82) is 0 Å². The van der Waals surface area contributed by atoms with Crippen molar-refractivity contribution in [2.45, 2.75) is 32.9 Å². The lowest BCUT2D eigenvalue weighted by atomic mass is 9.92. The molecule has 1 amide bonds. The number of rotatable bonds is 4. The number of carbonyl (C=O) groups excluding carboxylic acids is 1. The zero-order valence-electron chi connectivity index (χ0n) is 11.7. The summed E-state index contributed by atoms with van der Waals surface area (Å²) in [5, 5.41) is 3.42. The van der Waals surface area contributed by atoms with E-state index in [4.69, 9.17) is 11.6 Å². The van der Waals surface area contributed by atoms with Crippen molar-refractivity contribution >= 4 is 34.0 Å². The summed E-state index contributed by atoms with van der Waals surface area (Å²) in [6, 6.07) is 5.26. The topological polar surface area (TPSA) is 46.2 Å². The third-order valence-electron chi connectivity index (χ3n) is 2.38. The van der Waals surface area contributed by atoms with Crippen molar-refractivity contribution in [1.82, 2.24) is 0 Å². The molecule has 0 saturated carbocycles. The van der Waals surface area contributed by atoms with Gasteiger partial charge in [-0.2, -0.15) is 0 Å². The van der Waals surface area contributed by atoms with E-state index in [-0.39, 0.29) is 11.3 Å². The number of carbonyl (C=O) groups is 1. The first-order valence-electron chi connectivity index (χ1n) is 6.06. The summed E-state index contributed by atoms with van der Waals surface area (Å²) in [6.45, 7) is 6.04. The van der Waals surface area contributed by atoms with Gasteiger partial charge in [0.15, 0.2) is 0 Å². The second-order valence-electron chi connectivity index (χ2n) is 5.81. The van der Waals surface area contributed by atoms with Crippen molar-refractivity contribution in [3.8, 4) is 0 Å². The highest BCUT2D eigenvalue weighted by atomic mass is 35.5. The number of hydrogen-bond donors (Lipinski definition) is 1. The van der Waals surface area contributed by atoms with Crippen molar-refractivity contribution in [3.63, 3.8) is 0 Å². The quantitative estimate of drug-likeness (QED) is 0.923. The molecule has 3 nitrogen and oxygen atoms in total. The van der Waals surface area contributed by atoms with Crippen molar-refractivity contribution in [2.75, 3.05) is 11.6 Å². The monoisotopic (exact) mass is 301 g/mol. The van der Waals surface area contributed by atoms with Gasteiger partial charge in [0.25, 0.3) is 0 Å². The van der Waals surface area contributed by atoms with Crippen LogP contribution in [0.4, 0.5) is 5.69 Å². The lowest BCUT2D eigenvalue weighted by Crippen LogP contribution is -2.19. The van der Waals surface area contributed by atoms with Crippen molar-refractivity contribution < 1.29 is 9.00 Å². The Balaban J connectivity index is 2.79. The summed E-state index contributed by atoms with van der Waals surface area (Å²) >= 11 is 6.04.